The van der Waals surface area contributed by atoms with Gasteiger partial charge in [-0.2, -0.15) is 0 Å². The molecule has 15 heavy (non-hydrogen) atoms. The van der Waals surface area contributed by atoms with E-state index in [1.165, 1.54) is 12.8 Å². The molecule has 0 amide bonds. The molecule has 3 heteroatoms. The first-order valence-corrected chi connectivity index (χ1v) is 6.18. The third-order valence-corrected chi connectivity index (χ3v) is 5.50. The molecule has 4 aliphatic carbocycles. The Morgan fingerprint density at radius 2 is 1.60 bits per heavy atom. The van der Waals surface area contributed by atoms with Crippen molar-refractivity contribution in [3.8, 4) is 0 Å². The maximum Gasteiger partial charge on any atom is 0.174 e. The molecule has 1 heterocycles. The molecule has 5 rings (SSSR count). The van der Waals surface area contributed by atoms with E-state index in [9.17, 15) is 5.11 Å². The number of hydrogen-bond donors (Lipinski definition) is 1. The van der Waals surface area contributed by atoms with Crippen molar-refractivity contribution in [2.75, 3.05) is 19.8 Å². The van der Waals surface area contributed by atoms with Crippen LogP contribution < -0.4 is 0 Å². The van der Waals surface area contributed by atoms with E-state index in [1.54, 1.807) is 0 Å². The van der Waals surface area contributed by atoms with Crippen LogP contribution in [0.25, 0.3) is 0 Å². The molecular formula is C12H18O3. The topological polar surface area (TPSA) is 38.7 Å². The van der Waals surface area contributed by atoms with Crippen molar-refractivity contribution in [3.05, 3.63) is 0 Å². The van der Waals surface area contributed by atoms with E-state index in [0.29, 0.717) is 18.4 Å². The Hall–Kier alpha value is -0.120. The highest BCUT2D eigenvalue weighted by molar-refractivity contribution is 5.14. The summed E-state index contributed by atoms with van der Waals surface area (Å²) < 4.78 is 11.9. The predicted molar refractivity (Wildman–Crippen MR) is 53.1 cm³/mol. The van der Waals surface area contributed by atoms with E-state index in [0.717, 1.165) is 32.0 Å². The summed E-state index contributed by atoms with van der Waals surface area (Å²) in [5, 5.41) is 9.61. The summed E-state index contributed by atoms with van der Waals surface area (Å²) in [4.78, 5) is 0. The molecule has 2 unspecified atom stereocenters. The van der Waals surface area contributed by atoms with Crippen LogP contribution in [0.4, 0.5) is 0 Å². The minimum atomic E-state index is -0.230. The third kappa shape index (κ3) is 0.855. The Morgan fingerprint density at radius 3 is 2.07 bits per heavy atom. The lowest BCUT2D eigenvalue weighted by molar-refractivity contribution is -0.249. The van der Waals surface area contributed by atoms with E-state index in [-0.39, 0.29) is 11.2 Å². The van der Waals surface area contributed by atoms with Gasteiger partial charge in [0, 0.05) is 18.4 Å². The van der Waals surface area contributed by atoms with Gasteiger partial charge in [0.25, 0.3) is 0 Å². The van der Waals surface area contributed by atoms with Crippen molar-refractivity contribution < 1.29 is 14.6 Å². The van der Waals surface area contributed by atoms with Crippen LogP contribution in [-0.4, -0.2) is 30.7 Å². The van der Waals surface area contributed by atoms with Gasteiger partial charge in [-0.3, -0.25) is 0 Å². The number of rotatable bonds is 1. The van der Waals surface area contributed by atoms with Crippen LogP contribution in [-0.2, 0) is 9.47 Å². The standard InChI is InChI=1S/C12H18O3/c13-7-11-5-9-3-8(11)4-10(6-11)12(9)14-1-2-15-12/h8-10,13H,1-7H2. The average molecular weight is 210 g/mol. The Morgan fingerprint density at radius 1 is 1.00 bits per heavy atom. The van der Waals surface area contributed by atoms with Gasteiger partial charge in [-0.15, -0.1) is 0 Å². The molecule has 0 radical (unpaired) electrons. The molecular weight excluding hydrogens is 192 g/mol. The van der Waals surface area contributed by atoms with Gasteiger partial charge in [-0.05, 0) is 37.0 Å². The molecule has 5 aliphatic rings. The number of aliphatic hydroxyl groups excluding tert-OH is 1. The highest BCUT2D eigenvalue weighted by Crippen LogP contribution is 2.70. The van der Waals surface area contributed by atoms with Crippen LogP contribution in [0.5, 0.6) is 0 Å². The van der Waals surface area contributed by atoms with Crippen molar-refractivity contribution in [1.82, 2.24) is 0 Å². The fourth-order valence-electron chi connectivity index (χ4n) is 4.97. The average Bonchev–Trinajstić information content (AvgIpc) is 2.82. The number of ether oxygens (including phenoxy) is 2. The van der Waals surface area contributed by atoms with Gasteiger partial charge in [0.05, 0.1) is 13.2 Å². The van der Waals surface area contributed by atoms with Crippen LogP contribution in [0.2, 0.25) is 0 Å². The third-order valence-electron chi connectivity index (χ3n) is 5.50. The van der Waals surface area contributed by atoms with E-state index >= 15 is 0 Å². The first-order chi connectivity index (χ1) is 7.29. The molecule has 2 atom stereocenters. The van der Waals surface area contributed by atoms with Gasteiger partial charge in [0.15, 0.2) is 5.79 Å². The van der Waals surface area contributed by atoms with Crippen molar-refractivity contribution >= 4 is 0 Å². The first-order valence-electron chi connectivity index (χ1n) is 6.18. The van der Waals surface area contributed by atoms with Crippen LogP contribution in [0.1, 0.15) is 25.7 Å². The summed E-state index contributed by atoms with van der Waals surface area (Å²) in [5.74, 6) is 1.64. The lowest BCUT2D eigenvalue weighted by Gasteiger charge is -2.45. The van der Waals surface area contributed by atoms with Gasteiger partial charge in [-0.1, -0.05) is 0 Å². The summed E-state index contributed by atoms with van der Waals surface area (Å²) in [6.07, 6.45) is 4.70. The SMILES string of the molecule is OCC12CC3CC1CC(C2)C31OCCO1. The Labute approximate surface area is 89.8 Å². The molecule has 0 aromatic rings. The van der Waals surface area contributed by atoms with Gasteiger partial charge < -0.3 is 14.6 Å². The van der Waals surface area contributed by atoms with Gasteiger partial charge in [-0.25, -0.2) is 0 Å². The highest BCUT2D eigenvalue weighted by atomic mass is 16.7. The highest BCUT2D eigenvalue weighted by Gasteiger charge is 2.69. The van der Waals surface area contributed by atoms with Crippen LogP contribution in [0, 0.1) is 23.2 Å². The van der Waals surface area contributed by atoms with Crippen molar-refractivity contribution in [3.63, 3.8) is 0 Å². The van der Waals surface area contributed by atoms with Gasteiger partial charge in [0.2, 0.25) is 0 Å². The second-order valence-electron chi connectivity index (χ2n) is 5.91. The van der Waals surface area contributed by atoms with Gasteiger partial charge >= 0.3 is 0 Å². The first kappa shape index (κ1) is 8.97. The molecule has 4 saturated carbocycles. The Balaban J connectivity index is 1.74. The van der Waals surface area contributed by atoms with Crippen LogP contribution in [0.3, 0.4) is 0 Å². The maximum absolute atomic E-state index is 9.61. The minimum absolute atomic E-state index is 0.230. The lowest BCUT2D eigenvalue weighted by atomic mass is 9.72. The molecule has 5 fully saturated rings. The molecule has 0 aromatic heterocycles. The quantitative estimate of drug-likeness (QED) is 0.705. The Bertz CT molecular complexity index is 277. The number of aliphatic hydroxyl groups is 1. The zero-order valence-corrected chi connectivity index (χ0v) is 8.95. The Kier molecular flexibility index (Phi) is 1.54. The van der Waals surface area contributed by atoms with Gasteiger partial charge in [0.1, 0.15) is 0 Å². The van der Waals surface area contributed by atoms with E-state index in [1.807, 2.05) is 0 Å². The van der Waals surface area contributed by atoms with Crippen molar-refractivity contribution in [1.29, 1.82) is 0 Å². The second-order valence-corrected chi connectivity index (χ2v) is 5.91. The molecule has 1 saturated heterocycles. The monoisotopic (exact) mass is 210 g/mol. The summed E-state index contributed by atoms with van der Waals surface area (Å²) >= 11 is 0. The normalized spacial score (nSPS) is 54.6. The van der Waals surface area contributed by atoms with Crippen LogP contribution in [0.15, 0.2) is 0 Å². The predicted octanol–water partition coefficient (Wildman–Crippen LogP) is 1.16. The molecule has 4 bridgehead atoms. The molecule has 1 aliphatic heterocycles. The summed E-state index contributed by atoms with van der Waals surface area (Å²) in [6.45, 7) is 1.91. The summed E-state index contributed by atoms with van der Waals surface area (Å²) in [5.41, 5.74) is 0.246. The number of hydrogen-bond acceptors (Lipinski definition) is 3. The maximum atomic E-state index is 9.61. The molecule has 1 spiro atoms. The lowest BCUT2D eigenvalue weighted by Crippen LogP contribution is -2.49. The fraction of sp³-hybridized carbons (Fsp3) is 1.00. The zero-order chi connectivity index (χ0) is 10.1. The zero-order valence-electron chi connectivity index (χ0n) is 8.95. The molecule has 84 valence electrons. The van der Waals surface area contributed by atoms with Crippen LogP contribution >= 0.6 is 0 Å². The smallest absolute Gasteiger partial charge is 0.174 e. The van der Waals surface area contributed by atoms with E-state index in [2.05, 4.69) is 0 Å². The van der Waals surface area contributed by atoms with E-state index in [4.69, 9.17) is 9.47 Å². The molecule has 1 N–H and O–H groups in total. The largest absolute Gasteiger partial charge is 0.396 e. The van der Waals surface area contributed by atoms with E-state index < -0.39 is 0 Å². The molecule has 0 aromatic carbocycles. The fourth-order valence-corrected chi connectivity index (χ4v) is 4.97. The molecule has 3 nitrogen and oxygen atoms in total. The second kappa shape index (κ2) is 2.58. The minimum Gasteiger partial charge on any atom is -0.396 e. The van der Waals surface area contributed by atoms with Crippen molar-refractivity contribution in [2.24, 2.45) is 23.2 Å². The van der Waals surface area contributed by atoms with Crippen molar-refractivity contribution in [2.45, 2.75) is 31.5 Å². The summed E-state index contributed by atoms with van der Waals surface area (Å²) in [7, 11) is 0. The summed E-state index contributed by atoms with van der Waals surface area (Å²) in [6, 6.07) is 0.